The van der Waals surface area contributed by atoms with Gasteiger partial charge in [-0.2, -0.15) is 0 Å². The van der Waals surface area contributed by atoms with Crippen LogP contribution >= 0.6 is 0 Å². The zero-order chi connectivity index (χ0) is 20.8. The largest absolute Gasteiger partial charge is 0.495 e. The Morgan fingerprint density at radius 1 is 0.966 bits per heavy atom. The lowest BCUT2D eigenvalue weighted by Crippen LogP contribution is -2.36. The minimum atomic E-state index is -0.0733. The minimum Gasteiger partial charge on any atom is -0.495 e. The molecular weight excluding hydrogens is 364 g/mol. The zero-order valence-corrected chi connectivity index (χ0v) is 17.4. The van der Waals surface area contributed by atoms with E-state index in [-0.39, 0.29) is 29.7 Å². The molecule has 1 aliphatic carbocycles. The van der Waals surface area contributed by atoms with Crippen molar-refractivity contribution in [2.75, 3.05) is 12.4 Å². The molecule has 29 heavy (non-hydrogen) atoms. The number of anilines is 1. The summed E-state index contributed by atoms with van der Waals surface area (Å²) in [5.41, 5.74) is 2.86. The van der Waals surface area contributed by atoms with Crippen molar-refractivity contribution in [2.45, 2.75) is 45.6 Å². The fraction of sp³-hybridized carbons (Fsp3) is 0.417. The number of nitrogens with one attached hydrogen (secondary N) is 2. The first-order chi connectivity index (χ1) is 14.0. The second kappa shape index (κ2) is 9.59. The highest BCUT2D eigenvalue weighted by molar-refractivity contribution is 5.94. The van der Waals surface area contributed by atoms with E-state index in [1.165, 1.54) is 0 Å². The molecule has 5 nitrogen and oxygen atoms in total. The van der Waals surface area contributed by atoms with Gasteiger partial charge in [-0.25, -0.2) is 0 Å². The van der Waals surface area contributed by atoms with Crippen LogP contribution in [-0.4, -0.2) is 18.9 Å². The van der Waals surface area contributed by atoms with Crippen molar-refractivity contribution in [3.63, 3.8) is 0 Å². The number of hydrogen-bond donors (Lipinski definition) is 2. The number of rotatable bonds is 6. The third kappa shape index (κ3) is 5.37. The Bertz CT molecular complexity index is 842. The summed E-state index contributed by atoms with van der Waals surface area (Å²) in [6, 6.07) is 15.7. The fourth-order valence-corrected chi connectivity index (χ4v) is 3.93. The maximum atomic E-state index is 12.7. The van der Waals surface area contributed by atoms with E-state index in [4.69, 9.17) is 4.74 Å². The molecule has 0 saturated heterocycles. The first-order valence-electron chi connectivity index (χ1n) is 10.3. The van der Waals surface area contributed by atoms with Crippen LogP contribution in [0, 0.1) is 18.8 Å². The lowest BCUT2D eigenvalue weighted by atomic mass is 9.81. The van der Waals surface area contributed by atoms with Crippen LogP contribution < -0.4 is 15.4 Å². The van der Waals surface area contributed by atoms with Crippen LogP contribution in [0.3, 0.4) is 0 Å². The van der Waals surface area contributed by atoms with Gasteiger partial charge < -0.3 is 15.4 Å². The van der Waals surface area contributed by atoms with E-state index < -0.39 is 0 Å². The zero-order valence-electron chi connectivity index (χ0n) is 17.4. The first-order valence-corrected chi connectivity index (χ1v) is 10.3. The number of methoxy groups -OCH3 is 1. The minimum absolute atomic E-state index is 0.00501. The standard InChI is InChI=1S/C24H30N2O3/c1-16-9-14-22(29-3)21(15-16)26-24(28)20-12-10-19(11-13-20)23(27)25-17(2)18-7-5-4-6-8-18/h4-9,14-15,17,19-20H,10-13H2,1-3H3,(H,25,27)(H,26,28). The number of ether oxygens (including phenoxy) is 1. The molecule has 0 bridgehead atoms. The molecule has 1 unspecified atom stereocenters. The van der Waals surface area contributed by atoms with Crippen LogP contribution in [0.1, 0.15) is 49.8 Å². The van der Waals surface area contributed by atoms with Crippen molar-refractivity contribution in [3.8, 4) is 5.75 Å². The van der Waals surface area contributed by atoms with Gasteiger partial charge in [-0.3, -0.25) is 9.59 Å². The van der Waals surface area contributed by atoms with Gasteiger partial charge in [0.1, 0.15) is 5.75 Å². The van der Waals surface area contributed by atoms with Crippen molar-refractivity contribution < 1.29 is 14.3 Å². The molecule has 5 heteroatoms. The highest BCUT2D eigenvalue weighted by Gasteiger charge is 2.30. The van der Waals surface area contributed by atoms with Crippen LogP contribution in [0.25, 0.3) is 0 Å². The van der Waals surface area contributed by atoms with Crippen LogP contribution in [0.5, 0.6) is 5.75 Å². The van der Waals surface area contributed by atoms with E-state index in [1.54, 1.807) is 7.11 Å². The third-order valence-electron chi connectivity index (χ3n) is 5.74. The highest BCUT2D eigenvalue weighted by Crippen LogP contribution is 2.32. The van der Waals surface area contributed by atoms with E-state index in [9.17, 15) is 9.59 Å². The monoisotopic (exact) mass is 394 g/mol. The Morgan fingerprint density at radius 2 is 1.59 bits per heavy atom. The molecule has 2 N–H and O–H groups in total. The summed E-state index contributed by atoms with van der Waals surface area (Å²) in [6.45, 7) is 3.98. The number of carbonyl (C=O) groups is 2. The Hall–Kier alpha value is -2.82. The second-order valence-corrected chi connectivity index (χ2v) is 7.88. The molecule has 1 saturated carbocycles. The Morgan fingerprint density at radius 3 is 2.21 bits per heavy atom. The van der Waals surface area contributed by atoms with Crippen LogP contribution in [0.4, 0.5) is 5.69 Å². The molecule has 1 atom stereocenters. The van der Waals surface area contributed by atoms with Gasteiger partial charge in [-0.05, 0) is 62.8 Å². The van der Waals surface area contributed by atoms with E-state index in [1.807, 2.05) is 62.4 Å². The summed E-state index contributed by atoms with van der Waals surface area (Å²) in [7, 11) is 1.60. The predicted octanol–water partition coefficient (Wildman–Crippen LogP) is 4.63. The molecule has 1 aliphatic rings. The summed E-state index contributed by atoms with van der Waals surface area (Å²) in [6.07, 6.45) is 2.91. The molecule has 154 valence electrons. The van der Waals surface area contributed by atoms with Crippen LogP contribution in [0.2, 0.25) is 0 Å². The van der Waals surface area contributed by atoms with Gasteiger partial charge in [0.2, 0.25) is 11.8 Å². The topological polar surface area (TPSA) is 67.4 Å². The van der Waals surface area contributed by atoms with Gasteiger partial charge in [0.05, 0.1) is 18.8 Å². The van der Waals surface area contributed by atoms with Gasteiger partial charge in [0.25, 0.3) is 0 Å². The SMILES string of the molecule is COc1ccc(C)cc1NC(=O)C1CCC(C(=O)NC(C)c2ccccc2)CC1. The molecule has 2 aromatic rings. The Labute approximate surface area is 172 Å². The molecule has 0 spiro atoms. The van der Waals surface area contributed by atoms with E-state index in [0.29, 0.717) is 11.4 Å². The van der Waals surface area contributed by atoms with Crippen LogP contribution in [-0.2, 0) is 9.59 Å². The molecule has 0 aliphatic heterocycles. The molecule has 0 aromatic heterocycles. The number of amides is 2. The molecule has 2 amide bonds. The average Bonchev–Trinajstić information content (AvgIpc) is 2.74. The third-order valence-corrected chi connectivity index (χ3v) is 5.74. The summed E-state index contributed by atoms with van der Waals surface area (Å²) in [5.74, 6) is 0.646. The number of aryl methyl sites for hydroxylation is 1. The van der Waals surface area contributed by atoms with Crippen molar-refractivity contribution in [3.05, 3.63) is 59.7 Å². The first kappa shape index (κ1) is 20.9. The number of carbonyl (C=O) groups excluding carboxylic acids is 2. The van der Waals surface area contributed by atoms with E-state index >= 15 is 0 Å². The summed E-state index contributed by atoms with van der Waals surface area (Å²) in [5, 5.41) is 6.12. The van der Waals surface area contributed by atoms with Gasteiger partial charge in [0.15, 0.2) is 0 Å². The quantitative estimate of drug-likeness (QED) is 0.751. The molecule has 0 radical (unpaired) electrons. The van der Waals surface area contributed by atoms with Crippen LogP contribution in [0.15, 0.2) is 48.5 Å². The smallest absolute Gasteiger partial charge is 0.227 e. The Kier molecular flexibility index (Phi) is 6.91. The summed E-state index contributed by atoms with van der Waals surface area (Å²) >= 11 is 0. The maximum absolute atomic E-state index is 12.7. The van der Waals surface area contributed by atoms with Crippen molar-refractivity contribution >= 4 is 17.5 Å². The van der Waals surface area contributed by atoms with E-state index in [0.717, 1.165) is 36.8 Å². The van der Waals surface area contributed by atoms with E-state index in [2.05, 4.69) is 10.6 Å². The normalized spacial score (nSPS) is 19.8. The Balaban J connectivity index is 1.51. The highest BCUT2D eigenvalue weighted by atomic mass is 16.5. The number of hydrogen-bond acceptors (Lipinski definition) is 3. The van der Waals surface area contributed by atoms with Gasteiger partial charge in [-0.1, -0.05) is 36.4 Å². The number of benzene rings is 2. The summed E-state index contributed by atoms with van der Waals surface area (Å²) in [4.78, 5) is 25.4. The van der Waals surface area contributed by atoms with Crippen molar-refractivity contribution in [1.82, 2.24) is 5.32 Å². The second-order valence-electron chi connectivity index (χ2n) is 7.88. The van der Waals surface area contributed by atoms with Crippen molar-refractivity contribution in [1.29, 1.82) is 0 Å². The lowest BCUT2D eigenvalue weighted by Gasteiger charge is -2.28. The summed E-state index contributed by atoms with van der Waals surface area (Å²) < 4.78 is 5.34. The molecule has 1 fully saturated rings. The lowest BCUT2D eigenvalue weighted by molar-refractivity contribution is -0.129. The molecule has 3 rings (SSSR count). The van der Waals surface area contributed by atoms with Crippen molar-refractivity contribution in [2.24, 2.45) is 11.8 Å². The predicted molar refractivity (Wildman–Crippen MR) is 115 cm³/mol. The average molecular weight is 395 g/mol. The van der Waals surface area contributed by atoms with Gasteiger partial charge >= 0.3 is 0 Å². The van der Waals surface area contributed by atoms with Gasteiger partial charge in [0, 0.05) is 11.8 Å². The molecule has 0 heterocycles. The molecular formula is C24H30N2O3. The van der Waals surface area contributed by atoms with Gasteiger partial charge in [-0.15, -0.1) is 0 Å². The fourth-order valence-electron chi connectivity index (χ4n) is 3.93. The molecule has 2 aromatic carbocycles. The maximum Gasteiger partial charge on any atom is 0.227 e.